The van der Waals surface area contributed by atoms with Gasteiger partial charge in [-0.3, -0.25) is 4.99 Å². The minimum Gasteiger partial charge on any atom is -0.370 e. The fourth-order valence-electron chi connectivity index (χ4n) is 2.44. The second-order valence-corrected chi connectivity index (χ2v) is 6.35. The predicted molar refractivity (Wildman–Crippen MR) is 108 cm³/mol. The molecule has 0 aliphatic heterocycles. The van der Waals surface area contributed by atoms with Crippen molar-refractivity contribution in [3.05, 3.63) is 35.9 Å². The number of nitrogens with two attached hydrogens (primary N) is 1. The molecule has 0 atom stereocenters. The summed E-state index contributed by atoms with van der Waals surface area (Å²) >= 11 is 0. The van der Waals surface area contributed by atoms with Crippen LogP contribution in [-0.2, 0) is 6.42 Å². The van der Waals surface area contributed by atoms with Gasteiger partial charge in [-0.15, -0.1) is 24.0 Å². The molecule has 0 aliphatic rings. The summed E-state index contributed by atoms with van der Waals surface area (Å²) < 4.78 is 0. The van der Waals surface area contributed by atoms with Crippen molar-refractivity contribution < 1.29 is 0 Å². The Hall–Kier alpha value is -0.780. The molecule has 126 valence electrons. The number of aliphatic imine (C=N–C) groups is 1. The molecule has 1 rings (SSSR count). The van der Waals surface area contributed by atoms with Crippen LogP contribution in [0.3, 0.4) is 0 Å². The smallest absolute Gasteiger partial charge is 0.191 e. The predicted octanol–water partition coefficient (Wildman–Crippen LogP) is 4.31. The number of aryl methyl sites for hydroxylation is 1. The molecule has 0 radical (unpaired) electrons. The number of halogens is 1. The maximum atomic E-state index is 6.04. The average Bonchev–Trinajstić information content (AvgIpc) is 2.47. The first-order valence-corrected chi connectivity index (χ1v) is 8.07. The van der Waals surface area contributed by atoms with E-state index in [4.69, 9.17) is 5.73 Å². The van der Waals surface area contributed by atoms with E-state index in [1.165, 1.54) is 12.0 Å². The highest BCUT2D eigenvalue weighted by molar-refractivity contribution is 14.0. The SMILES string of the molecule is CCN(CC)C(N)=NCC(C)(C)CCCc1ccccc1.I. The van der Waals surface area contributed by atoms with Crippen LogP contribution >= 0.6 is 24.0 Å². The summed E-state index contributed by atoms with van der Waals surface area (Å²) in [5.74, 6) is 0.677. The summed E-state index contributed by atoms with van der Waals surface area (Å²) in [4.78, 5) is 6.68. The van der Waals surface area contributed by atoms with Crippen LogP contribution in [0.4, 0.5) is 0 Å². The van der Waals surface area contributed by atoms with Gasteiger partial charge in [-0.1, -0.05) is 44.2 Å². The van der Waals surface area contributed by atoms with Crippen molar-refractivity contribution in [3.63, 3.8) is 0 Å². The lowest BCUT2D eigenvalue weighted by Gasteiger charge is -2.25. The maximum absolute atomic E-state index is 6.04. The van der Waals surface area contributed by atoms with Crippen molar-refractivity contribution in [2.75, 3.05) is 19.6 Å². The molecular weight excluding hydrogens is 385 g/mol. The van der Waals surface area contributed by atoms with Crippen molar-refractivity contribution in [2.24, 2.45) is 16.1 Å². The van der Waals surface area contributed by atoms with E-state index in [1.807, 2.05) is 0 Å². The molecule has 0 unspecified atom stereocenters. The van der Waals surface area contributed by atoms with Crippen LogP contribution in [-0.4, -0.2) is 30.5 Å². The van der Waals surface area contributed by atoms with Crippen LogP contribution in [0, 0.1) is 5.41 Å². The molecule has 4 heteroatoms. The normalized spacial score (nSPS) is 11.9. The molecule has 0 aromatic heterocycles. The Morgan fingerprint density at radius 3 is 2.27 bits per heavy atom. The van der Waals surface area contributed by atoms with E-state index in [2.05, 4.69) is 67.9 Å². The summed E-state index contributed by atoms with van der Waals surface area (Å²) in [6.07, 6.45) is 3.49. The third kappa shape index (κ3) is 8.01. The van der Waals surface area contributed by atoms with E-state index in [-0.39, 0.29) is 29.4 Å². The molecular formula is C18H32IN3. The summed E-state index contributed by atoms with van der Waals surface area (Å²) in [6, 6.07) is 10.7. The standard InChI is InChI=1S/C18H31N3.HI/c1-5-21(6-2)17(19)20-15-18(3,4)14-10-13-16-11-8-7-9-12-16;/h7-9,11-12H,5-6,10,13-15H2,1-4H3,(H2,19,20);1H. The lowest BCUT2D eigenvalue weighted by atomic mass is 9.86. The van der Waals surface area contributed by atoms with Gasteiger partial charge in [-0.05, 0) is 44.1 Å². The highest BCUT2D eigenvalue weighted by atomic mass is 127. The molecule has 2 N–H and O–H groups in total. The number of hydrogen-bond donors (Lipinski definition) is 1. The van der Waals surface area contributed by atoms with Crippen molar-refractivity contribution in [3.8, 4) is 0 Å². The van der Waals surface area contributed by atoms with E-state index < -0.39 is 0 Å². The first-order valence-electron chi connectivity index (χ1n) is 8.07. The Morgan fingerprint density at radius 2 is 1.73 bits per heavy atom. The van der Waals surface area contributed by atoms with Crippen LogP contribution in [0.25, 0.3) is 0 Å². The van der Waals surface area contributed by atoms with Gasteiger partial charge in [0.15, 0.2) is 5.96 Å². The largest absolute Gasteiger partial charge is 0.370 e. The van der Waals surface area contributed by atoms with Gasteiger partial charge in [0.1, 0.15) is 0 Å². The van der Waals surface area contributed by atoms with Crippen molar-refractivity contribution in [2.45, 2.75) is 47.0 Å². The number of rotatable bonds is 8. The lowest BCUT2D eigenvalue weighted by molar-refractivity contribution is 0.335. The fraction of sp³-hybridized carbons (Fsp3) is 0.611. The fourth-order valence-corrected chi connectivity index (χ4v) is 2.44. The first kappa shape index (κ1) is 21.2. The molecule has 1 aromatic carbocycles. The van der Waals surface area contributed by atoms with Gasteiger partial charge in [0.2, 0.25) is 0 Å². The minimum atomic E-state index is 0. The number of guanidine groups is 1. The van der Waals surface area contributed by atoms with E-state index in [0.29, 0.717) is 5.96 Å². The highest BCUT2D eigenvalue weighted by Gasteiger charge is 2.17. The molecule has 3 nitrogen and oxygen atoms in total. The van der Waals surface area contributed by atoms with E-state index in [9.17, 15) is 0 Å². The molecule has 0 fully saturated rings. The quantitative estimate of drug-likeness (QED) is 0.389. The van der Waals surface area contributed by atoms with Crippen molar-refractivity contribution in [1.82, 2.24) is 4.90 Å². The number of hydrogen-bond acceptors (Lipinski definition) is 1. The molecule has 0 saturated heterocycles. The van der Waals surface area contributed by atoms with E-state index >= 15 is 0 Å². The van der Waals surface area contributed by atoms with Gasteiger partial charge >= 0.3 is 0 Å². The molecule has 0 aliphatic carbocycles. The Labute approximate surface area is 153 Å². The maximum Gasteiger partial charge on any atom is 0.191 e. The van der Waals surface area contributed by atoms with Crippen LogP contribution in [0.1, 0.15) is 46.1 Å². The third-order valence-electron chi connectivity index (χ3n) is 3.92. The Balaban J connectivity index is 0.00000441. The van der Waals surface area contributed by atoms with Gasteiger partial charge in [0.05, 0.1) is 0 Å². The van der Waals surface area contributed by atoms with Crippen LogP contribution < -0.4 is 5.73 Å². The Morgan fingerprint density at radius 1 is 1.14 bits per heavy atom. The lowest BCUT2D eigenvalue weighted by Crippen LogP contribution is -2.37. The second kappa shape index (κ2) is 10.9. The topological polar surface area (TPSA) is 41.6 Å². The minimum absolute atomic E-state index is 0. The van der Waals surface area contributed by atoms with E-state index in [1.54, 1.807) is 0 Å². The van der Waals surface area contributed by atoms with Gasteiger partial charge in [0.25, 0.3) is 0 Å². The van der Waals surface area contributed by atoms with E-state index in [0.717, 1.165) is 32.5 Å². The molecule has 0 heterocycles. The second-order valence-electron chi connectivity index (χ2n) is 6.35. The van der Waals surface area contributed by atoms with Gasteiger partial charge in [-0.25, -0.2) is 0 Å². The van der Waals surface area contributed by atoms with Crippen LogP contribution in [0.5, 0.6) is 0 Å². The monoisotopic (exact) mass is 417 g/mol. The summed E-state index contributed by atoms with van der Waals surface area (Å²) in [5.41, 5.74) is 7.66. The molecule has 0 saturated carbocycles. The number of benzene rings is 1. The summed E-state index contributed by atoms with van der Waals surface area (Å²) in [6.45, 7) is 11.4. The molecule has 0 bridgehead atoms. The van der Waals surface area contributed by atoms with Crippen molar-refractivity contribution in [1.29, 1.82) is 0 Å². The zero-order chi connectivity index (χ0) is 15.7. The summed E-state index contributed by atoms with van der Waals surface area (Å²) in [7, 11) is 0. The Bertz CT molecular complexity index is 425. The zero-order valence-corrected chi connectivity index (χ0v) is 16.8. The molecule has 0 amide bonds. The molecule has 0 spiro atoms. The van der Waals surface area contributed by atoms with Gasteiger partial charge in [0, 0.05) is 19.6 Å². The molecule has 22 heavy (non-hydrogen) atoms. The first-order chi connectivity index (χ1) is 9.98. The Kier molecular flexibility index (Phi) is 10.5. The third-order valence-corrected chi connectivity index (χ3v) is 3.92. The molecule has 1 aromatic rings. The van der Waals surface area contributed by atoms with Gasteiger partial charge < -0.3 is 10.6 Å². The van der Waals surface area contributed by atoms with Crippen molar-refractivity contribution >= 4 is 29.9 Å². The number of nitrogens with zero attached hydrogens (tertiary/aromatic N) is 2. The zero-order valence-electron chi connectivity index (χ0n) is 14.5. The van der Waals surface area contributed by atoms with Crippen LogP contribution in [0.2, 0.25) is 0 Å². The average molecular weight is 417 g/mol. The summed E-state index contributed by atoms with van der Waals surface area (Å²) in [5, 5.41) is 0. The van der Waals surface area contributed by atoms with Gasteiger partial charge in [-0.2, -0.15) is 0 Å². The highest BCUT2D eigenvalue weighted by Crippen LogP contribution is 2.24. The van der Waals surface area contributed by atoms with Crippen LogP contribution in [0.15, 0.2) is 35.3 Å².